The van der Waals surface area contributed by atoms with Gasteiger partial charge in [-0.2, -0.15) is 0 Å². The molecule has 2 amide bonds. The van der Waals surface area contributed by atoms with Crippen molar-refractivity contribution in [2.75, 3.05) is 13.2 Å². The van der Waals surface area contributed by atoms with Gasteiger partial charge in [-0.1, -0.05) is 83.3 Å². The van der Waals surface area contributed by atoms with E-state index in [1.54, 1.807) is 29.2 Å². The Kier molecular flexibility index (Phi) is 10.6. The van der Waals surface area contributed by atoms with Crippen molar-refractivity contribution < 1.29 is 14.3 Å². The van der Waals surface area contributed by atoms with Gasteiger partial charge in [0.05, 0.1) is 0 Å². The maximum atomic E-state index is 13.5. The summed E-state index contributed by atoms with van der Waals surface area (Å²) in [7, 11) is 0. The fraction of sp³-hybridized carbons (Fsp3) is 0.286. The maximum absolute atomic E-state index is 13.5. The highest BCUT2D eigenvalue weighted by Crippen LogP contribution is 2.19. The van der Waals surface area contributed by atoms with Crippen molar-refractivity contribution in [2.45, 2.75) is 38.8 Å². The minimum absolute atomic E-state index is 0.169. The normalized spacial score (nSPS) is 11.5. The van der Waals surface area contributed by atoms with E-state index in [-0.39, 0.29) is 25.0 Å². The smallest absolute Gasteiger partial charge is 0.261 e. The lowest BCUT2D eigenvalue weighted by atomic mass is 10.0. The Morgan fingerprint density at radius 2 is 1.71 bits per heavy atom. The highest BCUT2D eigenvalue weighted by atomic mass is 79.9. The third kappa shape index (κ3) is 8.71. The van der Waals surface area contributed by atoms with Crippen molar-refractivity contribution in [3.63, 3.8) is 0 Å². The summed E-state index contributed by atoms with van der Waals surface area (Å²) in [5.41, 5.74) is 1.90. The minimum Gasteiger partial charge on any atom is -0.484 e. The highest BCUT2D eigenvalue weighted by molar-refractivity contribution is 9.10. The van der Waals surface area contributed by atoms with Gasteiger partial charge in [0.2, 0.25) is 5.91 Å². The number of hydrogen-bond acceptors (Lipinski definition) is 3. The molecule has 0 fully saturated rings. The van der Waals surface area contributed by atoms with Gasteiger partial charge >= 0.3 is 0 Å². The molecule has 3 rings (SSSR count). The van der Waals surface area contributed by atoms with Crippen molar-refractivity contribution >= 4 is 39.3 Å². The van der Waals surface area contributed by atoms with E-state index in [2.05, 4.69) is 28.2 Å². The SMILES string of the molecule is CCCCNC(=O)[C@@H](Cc1ccccc1)N(Cc1cccc(Br)c1)C(=O)COc1ccc(Cl)cc1. The second kappa shape index (κ2) is 13.9. The van der Waals surface area contributed by atoms with E-state index in [1.165, 1.54) is 0 Å². The van der Waals surface area contributed by atoms with E-state index >= 15 is 0 Å². The molecule has 0 unspecified atom stereocenters. The van der Waals surface area contributed by atoms with Crippen molar-refractivity contribution in [1.82, 2.24) is 10.2 Å². The lowest BCUT2D eigenvalue weighted by Gasteiger charge is -2.31. The van der Waals surface area contributed by atoms with Gasteiger partial charge in [-0.3, -0.25) is 9.59 Å². The second-order valence-corrected chi connectivity index (χ2v) is 9.60. The Labute approximate surface area is 220 Å². The van der Waals surface area contributed by atoms with Gasteiger partial charge in [0.1, 0.15) is 11.8 Å². The summed E-state index contributed by atoms with van der Waals surface area (Å²) < 4.78 is 6.66. The molecule has 3 aromatic rings. The van der Waals surface area contributed by atoms with Crippen LogP contribution in [0.1, 0.15) is 30.9 Å². The molecule has 7 heteroatoms. The second-order valence-electron chi connectivity index (χ2n) is 8.24. The van der Waals surface area contributed by atoms with E-state index in [1.807, 2.05) is 54.6 Å². The third-order valence-corrected chi connectivity index (χ3v) is 6.26. The summed E-state index contributed by atoms with van der Waals surface area (Å²) in [5, 5.41) is 3.61. The molecule has 0 saturated carbocycles. The number of ether oxygens (including phenoxy) is 1. The lowest BCUT2D eigenvalue weighted by Crippen LogP contribution is -2.51. The van der Waals surface area contributed by atoms with Gasteiger partial charge in [0.15, 0.2) is 6.61 Å². The Hall–Kier alpha value is -2.83. The van der Waals surface area contributed by atoms with Gasteiger partial charge in [0.25, 0.3) is 5.91 Å². The molecule has 1 atom stereocenters. The van der Waals surface area contributed by atoms with Gasteiger partial charge in [0, 0.05) is 29.0 Å². The Morgan fingerprint density at radius 3 is 2.40 bits per heavy atom. The molecule has 0 aliphatic rings. The number of nitrogens with zero attached hydrogens (tertiary/aromatic N) is 1. The largest absolute Gasteiger partial charge is 0.484 e. The van der Waals surface area contributed by atoms with Crippen LogP contribution in [0.2, 0.25) is 5.02 Å². The first-order chi connectivity index (χ1) is 17.0. The van der Waals surface area contributed by atoms with Crippen LogP contribution >= 0.6 is 27.5 Å². The molecule has 1 N–H and O–H groups in total. The van der Waals surface area contributed by atoms with E-state index in [9.17, 15) is 9.59 Å². The minimum atomic E-state index is -0.686. The van der Waals surface area contributed by atoms with Crippen LogP contribution in [-0.2, 0) is 22.6 Å². The number of halogens is 2. The summed E-state index contributed by atoms with van der Waals surface area (Å²) in [6.45, 7) is 2.73. The highest BCUT2D eigenvalue weighted by Gasteiger charge is 2.30. The number of hydrogen-bond donors (Lipinski definition) is 1. The van der Waals surface area contributed by atoms with Crippen LogP contribution in [0.4, 0.5) is 0 Å². The monoisotopic (exact) mass is 556 g/mol. The van der Waals surface area contributed by atoms with Gasteiger partial charge < -0.3 is 15.0 Å². The van der Waals surface area contributed by atoms with Crippen LogP contribution in [0.15, 0.2) is 83.3 Å². The van der Waals surface area contributed by atoms with Gasteiger partial charge in [-0.15, -0.1) is 0 Å². The summed E-state index contributed by atoms with van der Waals surface area (Å²) >= 11 is 9.45. The van der Waals surface area contributed by atoms with Gasteiger partial charge in [-0.25, -0.2) is 0 Å². The first-order valence-electron chi connectivity index (χ1n) is 11.7. The zero-order valence-electron chi connectivity index (χ0n) is 19.8. The fourth-order valence-electron chi connectivity index (χ4n) is 3.65. The van der Waals surface area contributed by atoms with Crippen LogP contribution in [0.3, 0.4) is 0 Å². The lowest BCUT2D eigenvalue weighted by molar-refractivity contribution is -0.142. The molecular formula is C28H30BrClN2O3. The molecule has 3 aromatic carbocycles. The number of nitrogens with one attached hydrogen (secondary N) is 1. The van der Waals surface area contributed by atoms with E-state index < -0.39 is 6.04 Å². The summed E-state index contributed by atoms with van der Waals surface area (Å²) in [4.78, 5) is 28.5. The third-order valence-electron chi connectivity index (χ3n) is 5.52. The molecule has 0 aromatic heterocycles. The van der Waals surface area contributed by atoms with Crippen LogP contribution in [0, 0.1) is 0 Å². The predicted octanol–water partition coefficient (Wildman–Crippen LogP) is 6.04. The number of carbonyl (C=O) groups excluding carboxylic acids is 2. The molecule has 0 bridgehead atoms. The molecule has 0 saturated heterocycles. The van der Waals surface area contributed by atoms with Crippen LogP contribution in [-0.4, -0.2) is 35.9 Å². The number of benzene rings is 3. The number of carbonyl (C=O) groups is 2. The van der Waals surface area contributed by atoms with Crippen LogP contribution in [0.5, 0.6) is 5.75 Å². The fourth-order valence-corrected chi connectivity index (χ4v) is 4.22. The number of amides is 2. The summed E-state index contributed by atoms with van der Waals surface area (Å²) in [5.74, 6) is 0.0980. The summed E-state index contributed by atoms with van der Waals surface area (Å²) in [6.07, 6.45) is 2.25. The Balaban J connectivity index is 1.87. The molecule has 0 aliphatic heterocycles. The van der Waals surface area contributed by atoms with Gasteiger partial charge in [-0.05, 0) is 53.9 Å². The van der Waals surface area contributed by atoms with Crippen LogP contribution < -0.4 is 10.1 Å². The number of unbranched alkanes of at least 4 members (excludes halogenated alkanes) is 1. The maximum Gasteiger partial charge on any atom is 0.261 e. The molecule has 0 spiro atoms. The van der Waals surface area contributed by atoms with Crippen LogP contribution in [0.25, 0.3) is 0 Å². The van der Waals surface area contributed by atoms with Crippen molar-refractivity contribution in [1.29, 1.82) is 0 Å². The average molecular weight is 558 g/mol. The Bertz CT molecular complexity index is 1090. The molecule has 0 radical (unpaired) electrons. The topological polar surface area (TPSA) is 58.6 Å². The van der Waals surface area contributed by atoms with Crippen molar-refractivity contribution in [2.24, 2.45) is 0 Å². The zero-order chi connectivity index (χ0) is 25.0. The molecule has 5 nitrogen and oxygen atoms in total. The van der Waals surface area contributed by atoms with E-state index in [4.69, 9.17) is 16.3 Å². The van der Waals surface area contributed by atoms with Crippen molar-refractivity contribution in [3.05, 3.63) is 99.5 Å². The molecule has 0 aliphatic carbocycles. The molecular weight excluding hydrogens is 528 g/mol. The summed E-state index contributed by atoms with van der Waals surface area (Å²) in [6, 6.07) is 23.7. The van der Waals surface area contributed by atoms with E-state index in [0.717, 1.165) is 28.4 Å². The first kappa shape index (κ1) is 26.8. The zero-order valence-corrected chi connectivity index (χ0v) is 22.1. The molecule has 184 valence electrons. The molecule has 35 heavy (non-hydrogen) atoms. The van der Waals surface area contributed by atoms with Crippen molar-refractivity contribution in [3.8, 4) is 5.75 Å². The standard InChI is InChI=1S/C28H30BrClN2O3/c1-2-3-16-31-28(34)26(18-21-8-5-4-6-9-21)32(19-22-10-7-11-23(29)17-22)27(33)20-35-25-14-12-24(30)13-15-25/h4-15,17,26H,2-3,16,18-20H2,1H3,(H,31,34)/t26-/m1/s1. The molecule has 0 heterocycles. The Morgan fingerprint density at radius 1 is 1.00 bits per heavy atom. The predicted molar refractivity (Wildman–Crippen MR) is 143 cm³/mol. The first-order valence-corrected chi connectivity index (χ1v) is 12.9. The number of rotatable bonds is 12. The van der Waals surface area contributed by atoms with E-state index in [0.29, 0.717) is 23.7 Å². The quantitative estimate of drug-likeness (QED) is 0.276. The average Bonchev–Trinajstić information content (AvgIpc) is 2.86.